The third-order valence-electron chi connectivity index (χ3n) is 11.2. The number of aryl methyl sites for hydroxylation is 1. The van der Waals surface area contributed by atoms with Crippen LogP contribution in [-0.4, -0.2) is 74.0 Å². The summed E-state index contributed by atoms with van der Waals surface area (Å²) in [5, 5.41) is 58.2. The highest BCUT2D eigenvalue weighted by Crippen LogP contribution is 2.30. The maximum Gasteiger partial charge on any atom is 0.183 e. The van der Waals surface area contributed by atoms with Gasteiger partial charge in [0.1, 0.15) is 11.4 Å². The zero-order chi connectivity index (χ0) is 45.7. The lowest BCUT2D eigenvalue weighted by Crippen LogP contribution is -2.00. The molecule has 12 rings (SSSR count). The first-order valence-corrected chi connectivity index (χ1v) is 21.6. The SMILES string of the molecule is Cn1nc(-c2nn(-c3ccccc3)c3ccccc23)cc1CO.OCc1ccn(-c2nn(-c3ccccc3)c3ccccc23)n1.OCc1cnn(-c2nn(-c3ccccc3)c3ccccc23)c1. The van der Waals surface area contributed by atoms with Gasteiger partial charge in [0, 0.05) is 41.2 Å². The molecule has 0 spiro atoms. The van der Waals surface area contributed by atoms with Crippen LogP contribution in [-0.2, 0) is 26.9 Å². The summed E-state index contributed by atoms with van der Waals surface area (Å²) in [6, 6.07) is 57.9. The molecule has 0 aliphatic carbocycles. The van der Waals surface area contributed by atoms with E-state index in [1.54, 1.807) is 32.5 Å². The van der Waals surface area contributed by atoms with Crippen molar-refractivity contribution in [2.45, 2.75) is 19.8 Å². The topological polar surface area (TPSA) is 168 Å². The Hall–Kier alpha value is -8.76. The molecule has 0 fully saturated rings. The quantitative estimate of drug-likeness (QED) is 0.129. The van der Waals surface area contributed by atoms with Gasteiger partial charge in [-0.15, -0.1) is 10.2 Å². The number of nitrogens with zero attached hydrogens (tertiary/aromatic N) is 12. The maximum absolute atomic E-state index is 9.39. The Morgan fingerprint density at radius 2 is 0.925 bits per heavy atom. The minimum absolute atomic E-state index is 0.0304. The maximum atomic E-state index is 9.39. The van der Waals surface area contributed by atoms with Gasteiger partial charge in [-0.25, -0.2) is 23.4 Å². The Morgan fingerprint density at radius 3 is 1.40 bits per heavy atom. The molecule has 0 bridgehead atoms. The van der Waals surface area contributed by atoms with E-state index in [0.717, 1.165) is 84.1 Å². The van der Waals surface area contributed by atoms with Crippen LogP contribution in [0.5, 0.6) is 0 Å². The Morgan fingerprint density at radius 1 is 0.448 bits per heavy atom. The molecule has 0 atom stereocenters. The lowest BCUT2D eigenvalue weighted by molar-refractivity contribution is 0.270. The van der Waals surface area contributed by atoms with E-state index in [-0.39, 0.29) is 19.8 Å². The van der Waals surface area contributed by atoms with Crippen molar-refractivity contribution < 1.29 is 15.3 Å². The minimum atomic E-state index is -0.0790. The number of aliphatic hydroxyl groups is 3. The monoisotopic (exact) mass is 884 g/mol. The second-order valence-corrected chi connectivity index (χ2v) is 15.5. The van der Waals surface area contributed by atoms with E-state index < -0.39 is 0 Å². The summed E-state index contributed by atoms with van der Waals surface area (Å²) in [5.41, 5.74) is 9.81. The number of hydrogen-bond acceptors (Lipinski definition) is 9. The standard InChI is InChI=1S/C18H16N4O.2C17H14N4O/c1-21-14(12-23)11-16(19-21)18-15-9-5-6-10-17(15)22(20-18)13-7-3-2-4-8-13;22-12-13-10-18-20(11-13)17-15-8-4-5-9-16(15)21(19-17)14-6-2-1-3-7-14;22-12-13-10-11-20(18-13)17-15-8-4-5-9-16(15)21(19-17)14-6-2-1-3-7-14/h2-11,23H,12H2,1H3;2*1-11,22H,12H2. The van der Waals surface area contributed by atoms with Gasteiger partial charge in [0.2, 0.25) is 0 Å². The zero-order valence-electron chi connectivity index (χ0n) is 36.3. The van der Waals surface area contributed by atoms with Crippen LogP contribution in [0.25, 0.3) is 72.8 Å². The Bertz CT molecular complexity index is 3410. The fourth-order valence-electron chi connectivity index (χ4n) is 7.88. The van der Waals surface area contributed by atoms with Crippen LogP contribution in [0, 0.1) is 0 Å². The van der Waals surface area contributed by atoms with Gasteiger partial charge in [-0.05, 0) is 78.9 Å². The molecule has 15 heteroatoms. The smallest absolute Gasteiger partial charge is 0.183 e. The fourth-order valence-corrected chi connectivity index (χ4v) is 7.88. The zero-order valence-corrected chi connectivity index (χ0v) is 36.3. The number of aliphatic hydroxyl groups excluding tert-OH is 3. The van der Waals surface area contributed by atoms with Crippen molar-refractivity contribution in [3.8, 4) is 40.1 Å². The van der Waals surface area contributed by atoms with E-state index in [0.29, 0.717) is 5.69 Å². The summed E-state index contributed by atoms with van der Waals surface area (Å²) < 4.78 is 10.8. The van der Waals surface area contributed by atoms with Gasteiger partial charge < -0.3 is 15.3 Å². The first kappa shape index (κ1) is 42.2. The normalized spacial score (nSPS) is 11.2. The van der Waals surface area contributed by atoms with Crippen LogP contribution in [0.4, 0.5) is 0 Å². The summed E-state index contributed by atoms with van der Waals surface area (Å²) in [7, 11) is 1.82. The largest absolute Gasteiger partial charge is 0.392 e. The van der Waals surface area contributed by atoms with Crippen molar-refractivity contribution in [3.63, 3.8) is 0 Å². The van der Waals surface area contributed by atoms with Crippen molar-refractivity contribution in [2.75, 3.05) is 0 Å². The Balaban J connectivity index is 0.000000118. The molecule has 0 aliphatic rings. The van der Waals surface area contributed by atoms with Crippen LogP contribution in [0.1, 0.15) is 17.0 Å². The van der Waals surface area contributed by atoms with Gasteiger partial charge in [-0.3, -0.25) is 4.68 Å². The second-order valence-electron chi connectivity index (χ2n) is 15.5. The van der Waals surface area contributed by atoms with Crippen molar-refractivity contribution >= 4 is 32.7 Å². The Labute approximate surface area is 383 Å². The number of fused-ring (bicyclic) bond motifs is 3. The number of rotatable bonds is 9. The molecule has 0 radical (unpaired) electrons. The molecule has 12 aromatic rings. The lowest BCUT2D eigenvalue weighted by Gasteiger charge is -2.01. The molecule has 0 saturated carbocycles. The Kier molecular flexibility index (Phi) is 11.8. The molecule has 6 heterocycles. The van der Waals surface area contributed by atoms with Crippen molar-refractivity contribution in [1.82, 2.24) is 58.7 Å². The van der Waals surface area contributed by atoms with Crippen LogP contribution in [0.3, 0.4) is 0 Å². The van der Waals surface area contributed by atoms with Crippen LogP contribution in [0.15, 0.2) is 195 Å². The third-order valence-corrected chi connectivity index (χ3v) is 11.2. The summed E-state index contributed by atoms with van der Waals surface area (Å²) in [4.78, 5) is 0. The summed E-state index contributed by atoms with van der Waals surface area (Å²) in [6.07, 6.45) is 5.26. The first-order valence-electron chi connectivity index (χ1n) is 21.6. The van der Waals surface area contributed by atoms with E-state index in [1.165, 1.54) is 0 Å². The van der Waals surface area contributed by atoms with Crippen LogP contribution in [0.2, 0.25) is 0 Å². The average Bonchev–Trinajstić information content (AvgIpc) is 4.27. The van der Waals surface area contributed by atoms with Gasteiger partial charge in [0.25, 0.3) is 0 Å². The molecular weight excluding hydrogens is 841 g/mol. The number of aromatic nitrogens is 12. The number of para-hydroxylation sites is 6. The van der Waals surface area contributed by atoms with E-state index >= 15 is 0 Å². The summed E-state index contributed by atoms with van der Waals surface area (Å²) in [6.45, 7) is -0.150. The molecule has 67 heavy (non-hydrogen) atoms. The molecule has 15 nitrogen and oxygen atoms in total. The van der Waals surface area contributed by atoms with Crippen molar-refractivity contribution in [3.05, 3.63) is 211 Å². The predicted molar refractivity (Wildman–Crippen MR) is 257 cm³/mol. The molecule has 6 aromatic heterocycles. The van der Waals surface area contributed by atoms with Crippen molar-refractivity contribution in [2.24, 2.45) is 7.05 Å². The van der Waals surface area contributed by atoms with Gasteiger partial charge in [-0.2, -0.15) is 20.4 Å². The molecule has 6 aromatic carbocycles. The van der Waals surface area contributed by atoms with E-state index in [4.69, 9.17) is 15.3 Å². The highest BCUT2D eigenvalue weighted by molar-refractivity contribution is 5.93. The van der Waals surface area contributed by atoms with Gasteiger partial charge in [0.15, 0.2) is 11.6 Å². The van der Waals surface area contributed by atoms with E-state index in [2.05, 4.69) is 21.4 Å². The molecule has 0 amide bonds. The number of hydrogen-bond donors (Lipinski definition) is 3. The first-order chi connectivity index (χ1) is 33.0. The highest BCUT2D eigenvalue weighted by Gasteiger charge is 2.18. The van der Waals surface area contributed by atoms with Gasteiger partial charge >= 0.3 is 0 Å². The summed E-state index contributed by atoms with van der Waals surface area (Å²) >= 11 is 0. The molecule has 0 aliphatic heterocycles. The van der Waals surface area contributed by atoms with Crippen molar-refractivity contribution in [1.29, 1.82) is 0 Å². The molecule has 330 valence electrons. The lowest BCUT2D eigenvalue weighted by atomic mass is 10.1. The second kappa shape index (κ2) is 18.8. The fraction of sp³-hybridized carbons (Fsp3) is 0.0769. The van der Waals surface area contributed by atoms with Gasteiger partial charge in [-0.1, -0.05) is 97.1 Å². The van der Waals surface area contributed by atoms with E-state index in [1.807, 2.05) is 191 Å². The molecule has 3 N–H and O–H groups in total. The average molecular weight is 885 g/mol. The predicted octanol–water partition coefficient (Wildman–Crippen LogP) is 8.33. The summed E-state index contributed by atoms with van der Waals surface area (Å²) in [5.74, 6) is 1.50. The third kappa shape index (κ3) is 8.40. The molecule has 0 unspecified atom stereocenters. The molecular formula is C52H44N12O3. The molecule has 0 saturated heterocycles. The van der Waals surface area contributed by atoms with Crippen LogP contribution >= 0.6 is 0 Å². The number of benzene rings is 6. The highest BCUT2D eigenvalue weighted by atomic mass is 16.3. The minimum Gasteiger partial charge on any atom is -0.392 e. The van der Waals surface area contributed by atoms with E-state index in [9.17, 15) is 15.3 Å². The van der Waals surface area contributed by atoms with Gasteiger partial charge in [0.05, 0.1) is 71.0 Å². The van der Waals surface area contributed by atoms with Crippen LogP contribution < -0.4 is 0 Å².